The summed E-state index contributed by atoms with van der Waals surface area (Å²) in [7, 11) is 0. The van der Waals surface area contributed by atoms with Crippen LogP contribution in [-0.4, -0.2) is 17.6 Å². The highest BCUT2D eigenvalue weighted by molar-refractivity contribution is 7.18. The molecular formula is C17H15NO3S. The van der Waals surface area contributed by atoms with Gasteiger partial charge in [-0.3, -0.25) is 0 Å². The average Bonchev–Trinajstić information content (AvgIpc) is 2.96. The zero-order valence-electron chi connectivity index (χ0n) is 12.1. The molecule has 112 valence electrons. The maximum Gasteiger partial charge on any atom is 0.338 e. The maximum atomic E-state index is 11.6. The Morgan fingerprint density at radius 1 is 1.14 bits per heavy atom. The van der Waals surface area contributed by atoms with E-state index in [1.54, 1.807) is 42.5 Å². The molecule has 0 bridgehead atoms. The Kier molecular flexibility index (Phi) is 4.34. The van der Waals surface area contributed by atoms with Gasteiger partial charge in [-0.25, -0.2) is 9.78 Å². The summed E-state index contributed by atoms with van der Waals surface area (Å²) in [6.45, 7) is 2.57. The molecule has 0 aliphatic carbocycles. The second kappa shape index (κ2) is 6.58. The molecule has 0 saturated carbocycles. The number of fused-ring (bicyclic) bond motifs is 1. The van der Waals surface area contributed by atoms with Gasteiger partial charge in [0.1, 0.15) is 17.4 Å². The Hall–Kier alpha value is -2.40. The Bertz CT molecular complexity index is 747. The van der Waals surface area contributed by atoms with Gasteiger partial charge in [0.15, 0.2) is 0 Å². The Balaban J connectivity index is 1.64. The summed E-state index contributed by atoms with van der Waals surface area (Å²) in [5.41, 5.74) is 1.51. The van der Waals surface area contributed by atoms with Gasteiger partial charge >= 0.3 is 5.97 Å². The fraction of sp³-hybridized carbons (Fsp3) is 0.176. The van der Waals surface area contributed by atoms with Crippen LogP contribution in [0.5, 0.6) is 5.75 Å². The number of ether oxygens (including phenoxy) is 2. The molecule has 2 aromatic carbocycles. The zero-order valence-corrected chi connectivity index (χ0v) is 12.9. The largest absolute Gasteiger partial charge is 0.486 e. The van der Waals surface area contributed by atoms with Gasteiger partial charge in [0.2, 0.25) is 0 Å². The van der Waals surface area contributed by atoms with Crippen LogP contribution in [0.15, 0.2) is 48.5 Å². The van der Waals surface area contributed by atoms with E-state index in [-0.39, 0.29) is 5.97 Å². The second-order valence-corrected chi connectivity index (χ2v) is 5.72. The lowest BCUT2D eigenvalue weighted by atomic mass is 10.2. The molecule has 1 aromatic heterocycles. The minimum absolute atomic E-state index is 0.319. The fourth-order valence-electron chi connectivity index (χ4n) is 2.03. The van der Waals surface area contributed by atoms with Gasteiger partial charge < -0.3 is 9.47 Å². The van der Waals surface area contributed by atoms with Gasteiger partial charge in [0.05, 0.1) is 22.4 Å². The molecule has 3 aromatic rings. The molecule has 0 fully saturated rings. The minimum Gasteiger partial charge on any atom is -0.486 e. The van der Waals surface area contributed by atoms with E-state index in [1.807, 2.05) is 24.3 Å². The molecule has 0 aliphatic rings. The Labute approximate surface area is 132 Å². The third kappa shape index (κ3) is 3.26. The molecular weight excluding hydrogens is 298 g/mol. The number of benzene rings is 2. The van der Waals surface area contributed by atoms with E-state index in [4.69, 9.17) is 9.47 Å². The number of carbonyl (C=O) groups is 1. The summed E-state index contributed by atoms with van der Waals surface area (Å²) in [4.78, 5) is 16.1. The van der Waals surface area contributed by atoms with E-state index in [0.717, 1.165) is 15.2 Å². The number of rotatable bonds is 5. The predicted octanol–water partition coefficient (Wildman–Crippen LogP) is 4.05. The van der Waals surface area contributed by atoms with Crippen LogP contribution in [0.3, 0.4) is 0 Å². The highest BCUT2D eigenvalue weighted by atomic mass is 32.1. The summed E-state index contributed by atoms with van der Waals surface area (Å²) in [5, 5.41) is 0.927. The zero-order chi connectivity index (χ0) is 15.4. The van der Waals surface area contributed by atoms with Crippen LogP contribution in [0.4, 0.5) is 0 Å². The summed E-state index contributed by atoms with van der Waals surface area (Å²) in [6, 6.07) is 14.9. The first-order valence-electron chi connectivity index (χ1n) is 7.00. The van der Waals surface area contributed by atoms with Crippen molar-refractivity contribution in [3.63, 3.8) is 0 Å². The molecule has 4 nitrogen and oxygen atoms in total. The van der Waals surface area contributed by atoms with Crippen LogP contribution in [-0.2, 0) is 11.3 Å². The third-order valence-electron chi connectivity index (χ3n) is 3.07. The summed E-state index contributed by atoms with van der Waals surface area (Å²) in [5.74, 6) is 0.382. The van der Waals surface area contributed by atoms with Crippen molar-refractivity contribution >= 4 is 27.5 Å². The van der Waals surface area contributed by atoms with Gasteiger partial charge in [-0.15, -0.1) is 11.3 Å². The van der Waals surface area contributed by atoms with Crippen molar-refractivity contribution in [3.8, 4) is 5.75 Å². The Morgan fingerprint density at radius 2 is 1.91 bits per heavy atom. The first-order chi connectivity index (χ1) is 10.8. The number of esters is 1. The molecule has 0 N–H and O–H groups in total. The fourth-order valence-corrected chi connectivity index (χ4v) is 2.91. The van der Waals surface area contributed by atoms with Gasteiger partial charge in [0, 0.05) is 0 Å². The molecule has 0 atom stereocenters. The Morgan fingerprint density at radius 3 is 2.64 bits per heavy atom. The monoisotopic (exact) mass is 313 g/mol. The highest BCUT2D eigenvalue weighted by Crippen LogP contribution is 2.23. The number of carbonyl (C=O) groups excluding carboxylic acids is 1. The molecule has 0 spiro atoms. The lowest BCUT2D eigenvalue weighted by Gasteiger charge is -2.05. The smallest absolute Gasteiger partial charge is 0.338 e. The lowest BCUT2D eigenvalue weighted by molar-refractivity contribution is 0.0526. The predicted molar refractivity (Wildman–Crippen MR) is 86.4 cm³/mol. The van der Waals surface area contributed by atoms with Crippen molar-refractivity contribution in [1.29, 1.82) is 0 Å². The maximum absolute atomic E-state index is 11.6. The van der Waals surface area contributed by atoms with E-state index >= 15 is 0 Å². The molecule has 22 heavy (non-hydrogen) atoms. The van der Waals surface area contributed by atoms with E-state index in [0.29, 0.717) is 24.5 Å². The van der Waals surface area contributed by atoms with Crippen molar-refractivity contribution < 1.29 is 14.3 Å². The van der Waals surface area contributed by atoms with Gasteiger partial charge in [-0.1, -0.05) is 12.1 Å². The molecule has 0 radical (unpaired) electrons. The third-order valence-corrected chi connectivity index (χ3v) is 4.08. The van der Waals surface area contributed by atoms with Crippen LogP contribution in [0, 0.1) is 0 Å². The van der Waals surface area contributed by atoms with Crippen molar-refractivity contribution in [2.45, 2.75) is 13.5 Å². The standard InChI is InChI=1S/C17H15NO3S/c1-2-20-17(19)12-7-9-13(10-8-12)21-11-16-18-14-5-3-4-6-15(14)22-16/h3-10H,2,11H2,1H3. The minimum atomic E-state index is -0.319. The van der Waals surface area contributed by atoms with Crippen molar-refractivity contribution in [1.82, 2.24) is 4.98 Å². The lowest BCUT2D eigenvalue weighted by Crippen LogP contribution is -2.04. The quantitative estimate of drug-likeness (QED) is 0.667. The van der Waals surface area contributed by atoms with Gasteiger partial charge in [-0.2, -0.15) is 0 Å². The number of hydrogen-bond acceptors (Lipinski definition) is 5. The molecule has 0 aliphatic heterocycles. The van der Waals surface area contributed by atoms with E-state index in [2.05, 4.69) is 4.98 Å². The normalized spacial score (nSPS) is 10.6. The number of nitrogens with zero attached hydrogens (tertiary/aromatic N) is 1. The first kappa shape index (κ1) is 14.5. The molecule has 0 amide bonds. The van der Waals surface area contributed by atoms with Crippen LogP contribution < -0.4 is 4.74 Å². The number of aromatic nitrogens is 1. The molecule has 3 rings (SSSR count). The summed E-state index contributed by atoms with van der Waals surface area (Å²) in [6.07, 6.45) is 0. The molecule has 1 heterocycles. The highest BCUT2D eigenvalue weighted by Gasteiger charge is 2.07. The first-order valence-corrected chi connectivity index (χ1v) is 7.82. The van der Waals surface area contributed by atoms with Crippen LogP contribution >= 0.6 is 11.3 Å². The number of hydrogen-bond donors (Lipinski definition) is 0. The number of para-hydroxylation sites is 1. The average molecular weight is 313 g/mol. The molecule has 0 saturated heterocycles. The summed E-state index contributed by atoms with van der Waals surface area (Å²) < 4.78 is 11.8. The van der Waals surface area contributed by atoms with Crippen molar-refractivity contribution in [2.75, 3.05) is 6.61 Å². The van der Waals surface area contributed by atoms with Gasteiger partial charge in [-0.05, 0) is 43.3 Å². The van der Waals surface area contributed by atoms with E-state index < -0.39 is 0 Å². The van der Waals surface area contributed by atoms with Crippen LogP contribution in [0.1, 0.15) is 22.3 Å². The SMILES string of the molecule is CCOC(=O)c1ccc(OCc2nc3ccccc3s2)cc1. The molecule has 5 heteroatoms. The van der Waals surface area contributed by atoms with Crippen molar-refractivity contribution in [3.05, 3.63) is 59.1 Å². The van der Waals surface area contributed by atoms with Crippen LogP contribution in [0.2, 0.25) is 0 Å². The van der Waals surface area contributed by atoms with Crippen LogP contribution in [0.25, 0.3) is 10.2 Å². The topological polar surface area (TPSA) is 48.4 Å². The van der Waals surface area contributed by atoms with E-state index in [9.17, 15) is 4.79 Å². The van der Waals surface area contributed by atoms with E-state index in [1.165, 1.54) is 0 Å². The summed E-state index contributed by atoms with van der Waals surface area (Å²) >= 11 is 1.62. The van der Waals surface area contributed by atoms with Gasteiger partial charge in [0.25, 0.3) is 0 Å². The van der Waals surface area contributed by atoms with Crippen molar-refractivity contribution in [2.24, 2.45) is 0 Å². The molecule has 0 unspecified atom stereocenters. The second-order valence-electron chi connectivity index (χ2n) is 4.61. The number of thiazole rings is 1.